The molecule has 0 aliphatic rings. The van der Waals surface area contributed by atoms with Gasteiger partial charge in [0.15, 0.2) is 5.78 Å². The first-order chi connectivity index (χ1) is 5.99. The summed E-state index contributed by atoms with van der Waals surface area (Å²) in [7, 11) is 0. The van der Waals surface area contributed by atoms with E-state index in [0.29, 0.717) is 6.42 Å². The van der Waals surface area contributed by atoms with Crippen LogP contribution < -0.4 is 5.32 Å². The highest BCUT2D eigenvalue weighted by molar-refractivity contribution is 5.87. The predicted molar refractivity (Wildman–Crippen MR) is 52.4 cm³/mol. The number of carbonyl (C=O) groups excluding carboxylic acids is 2. The summed E-state index contributed by atoms with van der Waals surface area (Å²) in [5.74, 6) is 0.161. The van der Waals surface area contributed by atoms with Crippen LogP contribution in [0.3, 0.4) is 0 Å². The fourth-order valence-electron chi connectivity index (χ4n) is 1.21. The molecular formula is C10H19NO2. The molecule has 0 radical (unpaired) electrons. The van der Waals surface area contributed by atoms with Crippen LogP contribution in [0.4, 0.5) is 0 Å². The van der Waals surface area contributed by atoms with Gasteiger partial charge in [-0.15, -0.1) is 0 Å². The molecule has 0 unspecified atom stereocenters. The van der Waals surface area contributed by atoms with Crippen molar-refractivity contribution < 1.29 is 9.59 Å². The summed E-state index contributed by atoms with van der Waals surface area (Å²) in [6.07, 6.45) is 1.31. The smallest absolute Gasteiger partial charge is 0.220 e. The summed E-state index contributed by atoms with van der Waals surface area (Å²) in [4.78, 5) is 22.3. The highest BCUT2D eigenvalue weighted by Crippen LogP contribution is 2.03. The van der Waals surface area contributed by atoms with Gasteiger partial charge in [0, 0.05) is 6.42 Å². The highest BCUT2D eigenvalue weighted by Gasteiger charge is 2.19. The summed E-state index contributed by atoms with van der Waals surface area (Å²) in [6.45, 7) is 7.31. The van der Waals surface area contributed by atoms with Crippen LogP contribution in [0.1, 0.15) is 40.5 Å². The van der Waals surface area contributed by atoms with E-state index in [4.69, 9.17) is 0 Å². The van der Waals surface area contributed by atoms with Crippen LogP contribution in [0, 0.1) is 5.92 Å². The van der Waals surface area contributed by atoms with Crippen molar-refractivity contribution in [3.63, 3.8) is 0 Å². The number of Topliss-reactive ketones (excluding diaryl/α,β-unsaturated/α-hetero) is 1. The Morgan fingerprint density at radius 2 is 1.85 bits per heavy atom. The lowest BCUT2D eigenvalue weighted by Gasteiger charge is -2.19. The van der Waals surface area contributed by atoms with Gasteiger partial charge in [-0.1, -0.05) is 20.8 Å². The minimum atomic E-state index is -0.320. The van der Waals surface area contributed by atoms with Gasteiger partial charge in [-0.25, -0.2) is 0 Å². The fourth-order valence-corrected chi connectivity index (χ4v) is 1.21. The quantitative estimate of drug-likeness (QED) is 0.705. The van der Waals surface area contributed by atoms with Gasteiger partial charge < -0.3 is 5.32 Å². The molecule has 0 fully saturated rings. The van der Waals surface area contributed by atoms with Crippen molar-refractivity contribution in [3.05, 3.63) is 0 Å². The maximum absolute atomic E-state index is 11.2. The second kappa shape index (κ2) is 5.73. The van der Waals surface area contributed by atoms with E-state index in [2.05, 4.69) is 5.32 Å². The van der Waals surface area contributed by atoms with Crippen molar-refractivity contribution >= 4 is 11.7 Å². The molecule has 0 aliphatic heterocycles. The Balaban J connectivity index is 4.10. The summed E-state index contributed by atoms with van der Waals surface area (Å²) < 4.78 is 0. The minimum absolute atomic E-state index is 0.0273. The zero-order valence-electron chi connectivity index (χ0n) is 8.89. The highest BCUT2D eigenvalue weighted by atomic mass is 16.2. The molecule has 0 spiro atoms. The van der Waals surface area contributed by atoms with E-state index in [1.165, 1.54) is 6.92 Å². The van der Waals surface area contributed by atoms with Crippen LogP contribution in [-0.4, -0.2) is 17.7 Å². The van der Waals surface area contributed by atoms with E-state index in [1.54, 1.807) is 0 Å². The van der Waals surface area contributed by atoms with Crippen LogP contribution in [0.25, 0.3) is 0 Å². The van der Waals surface area contributed by atoms with Gasteiger partial charge >= 0.3 is 0 Å². The molecule has 1 amide bonds. The average molecular weight is 185 g/mol. The number of nitrogens with one attached hydrogen (secondary N) is 1. The van der Waals surface area contributed by atoms with Crippen LogP contribution >= 0.6 is 0 Å². The lowest BCUT2D eigenvalue weighted by atomic mass is 10.0. The number of hydrogen-bond donors (Lipinski definition) is 1. The Bertz CT molecular complexity index is 187. The maximum Gasteiger partial charge on any atom is 0.220 e. The van der Waals surface area contributed by atoms with E-state index >= 15 is 0 Å². The van der Waals surface area contributed by atoms with Gasteiger partial charge in [0.25, 0.3) is 0 Å². The molecule has 3 nitrogen and oxygen atoms in total. The lowest BCUT2D eigenvalue weighted by Crippen LogP contribution is -2.43. The number of hydrogen-bond acceptors (Lipinski definition) is 2. The van der Waals surface area contributed by atoms with Crippen LogP contribution in [0.5, 0.6) is 0 Å². The summed E-state index contributed by atoms with van der Waals surface area (Å²) in [5, 5.41) is 2.73. The van der Waals surface area contributed by atoms with Crippen LogP contribution in [-0.2, 0) is 9.59 Å². The minimum Gasteiger partial charge on any atom is -0.346 e. The predicted octanol–water partition coefficient (Wildman–Crippen LogP) is 1.52. The average Bonchev–Trinajstić information content (AvgIpc) is 1.99. The van der Waals surface area contributed by atoms with Gasteiger partial charge in [0.2, 0.25) is 5.91 Å². The molecule has 0 bridgehead atoms. The van der Waals surface area contributed by atoms with Crippen LogP contribution in [0.2, 0.25) is 0 Å². The van der Waals surface area contributed by atoms with E-state index in [9.17, 15) is 9.59 Å². The number of ketones is 1. The van der Waals surface area contributed by atoms with E-state index < -0.39 is 0 Å². The van der Waals surface area contributed by atoms with Crippen molar-refractivity contribution in [2.75, 3.05) is 0 Å². The SMILES string of the molecule is CCCC(=O)N[C@H](C(C)=O)C(C)C. The standard InChI is InChI=1S/C10H19NO2/c1-5-6-9(13)11-10(7(2)3)8(4)12/h7,10H,5-6H2,1-4H3,(H,11,13)/t10-/m0/s1. The van der Waals surface area contributed by atoms with Crippen molar-refractivity contribution in [2.24, 2.45) is 5.92 Å². The molecule has 1 atom stereocenters. The lowest BCUT2D eigenvalue weighted by molar-refractivity contribution is -0.127. The first-order valence-corrected chi connectivity index (χ1v) is 4.78. The molecule has 0 heterocycles. The van der Waals surface area contributed by atoms with Gasteiger partial charge in [-0.3, -0.25) is 9.59 Å². The Hall–Kier alpha value is -0.860. The molecule has 0 aromatic rings. The van der Waals surface area contributed by atoms with Gasteiger partial charge in [-0.05, 0) is 19.3 Å². The molecular weight excluding hydrogens is 166 g/mol. The normalized spacial score (nSPS) is 12.7. The second-order valence-corrected chi connectivity index (χ2v) is 3.65. The summed E-state index contributed by atoms with van der Waals surface area (Å²) in [6, 6.07) is -0.320. The zero-order valence-corrected chi connectivity index (χ0v) is 8.89. The molecule has 0 saturated carbocycles. The van der Waals surface area contributed by atoms with Gasteiger partial charge in [0.1, 0.15) is 0 Å². The maximum atomic E-state index is 11.2. The number of rotatable bonds is 5. The molecule has 13 heavy (non-hydrogen) atoms. The Morgan fingerprint density at radius 1 is 1.31 bits per heavy atom. The first kappa shape index (κ1) is 12.1. The molecule has 3 heteroatoms. The third kappa shape index (κ3) is 4.65. The number of amides is 1. The third-order valence-electron chi connectivity index (χ3n) is 1.90. The van der Waals surface area contributed by atoms with E-state index in [1.807, 2.05) is 20.8 Å². The topological polar surface area (TPSA) is 46.2 Å². The van der Waals surface area contributed by atoms with Crippen molar-refractivity contribution in [1.29, 1.82) is 0 Å². The third-order valence-corrected chi connectivity index (χ3v) is 1.90. The van der Waals surface area contributed by atoms with Gasteiger partial charge in [-0.2, -0.15) is 0 Å². The Kier molecular flexibility index (Phi) is 5.35. The molecule has 1 N–H and O–H groups in total. The first-order valence-electron chi connectivity index (χ1n) is 4.78. The van der Waals surface area contributed by atoms with Crippen molar-refractivity contribution in [3.8, 4) is 0 Å². The molecule has 0 saturated heterocycles. The van der Waals surface area contributed by atoms with Crippen molar-refractivity contribution in [1.82, 2.24) is 5.32 Å². The van der Waals surface area contributed by atoms with E-state index in [-0.39, 0.29) is 23.7 Å². The zero-order chi connectivity index (χ0) is 10.4. The summed E-state index contributed by atoms with van der Waals surface area (Å²) >= 11 is 0. The fraction of sp³-hybridized carbons (Fsp3) is 0.800. The molecule has 76 valence electrons. The van der Waals surface area contributed by atoms with E-state index in [0.717, 1.165) is 6.42 Å². The number of carbonyl (C=O) groups is 2. The monoisotopic (exact) mass is 185 g/mol. The molecule has 0 aromatic carbocycles. The van der Waals surface area contributed by atoms with Gasteiger partial charge in [0.05, 0.1) is 6.04 Å². The molecule has 0 aliphatic carbocycles. The Morgan fingerprint density at radius 3 is 2.15 bits per heavy atom. The van der Waals surface area contributed by atoms with Crippen molar-refractivity contribution in [2.45, 2.75) is 46.6 Å². The second-order valence-electron chi connectivity index (χ2n) is 3.65. The molecule has 0 aromatic heterocycles. The largest absolute Gasteiger partial charge is 0.346 e. The molecule has 0 rings (SSSR count). The van der Waals surface area contributed by atoms with Crippen LogP contribution in [0.15, 0.2) is 0 Å². The Labute approximate surface area is 79.9 Å². The summed E-state index contributed by atoms with van der Waals surface area (Å²) in [5.41, 5.74) is 0.